The molecule has 0 unspecified atom stereocenters. The van der Waals surface area contributed by atoms with Gasteiger partial charge in [0.25, 0.3) is 0 Å². The van der Waals surface area contributed by atoms with Gasteiger partial charge in [-0.25, -0.2) is 4.98 Å². The van der Waals surface area contributed by atoms with Crippen molar-refractivity contribution in [2.75, 3.05) is 26.2 Å². The lowest BCUT2D eigenvalue weighted by atomic mass is 9.94. The monoisotopic (exact) mass is 370 g/mol. The molecule has 1 aromatic heterocycles. The Hall–Kier alpha value is -2.37. The topological polar surface area (TPSA) is 69.3 Å². The van der Waals surface area contributed by atoms with E-state index in [4.69, 9.17) is 0 Å². The Morgan fingerprint density at radius 3 is 2.33 bits per heavy atom. The molecule has 0 saturated carbocycles. The second-order valence-electron chi connectivity index (χ2n) is 8.73. The number of H-pyrrole nitrogens is 1. The number of imidazole rings is 1. The number of amides is 2. The minimum Gasteiger partial charge on any atom is -0.342 e. The number of fused-ring (bicyclic) bond motifs is 1. The van der Waals surface area contributed by atoms with E-state index in [1.165, 1.54) is 0 Å². The summed E-state index contributed by atoms with van der Waals surface area (Å²) in [7, 11) is 0. The number of aromatic amines is 1. The standard InChI is InChI=1S/C21H30N4O2/c1-14(2)19-22-16-7-6-15(12-17(16)23-19)13-18(26)24-8-10-25(11-9-24)20(27)21(3,4)5/h6-7,12,14H,8-11,13H2,1-5H3,(H,22,23). The van der Waals surface area contributed by atoms with Crippen molar-refractivity contribution in [2.45, 2.75) is 47.0 Å². The highest BCUT2D eigenvalue weighted by atomic mass is 16.2. The van der Waals surface area contributed by atoms with E-state index in [2.05, 4.69) is 23.8 Å². The molecule has 6 nitrogen and oxygen atoms in total. The first-order valence-electron chi connectivity index (χ1n) is 9.71. The lowest BCUT2D eigenvalue weighted by Gasteiger charge is -2.37. The van der Waals surface area contributed by atoms with Crippen molar-refractivity contribution < 1.29 is 9.59 Å². The normalized spacial score (nSPS) is 15.6. The molecule has 0 aliphatic carbocycles. The third-order valence-electron chi connectivity index (χ3n) is 5.03. The van der Waals surface area contributed by atoms with Crippen molar-refractivity contribution in [3.8, 4) is 0 Å². The second-order valence-corrected chi connectivity index (χ2v) is 8.73. The quantitative estimate of drug-likeness (QED) is 0.903. The van der Waals surface area contributed by atoms with Gasteiger partial charge in [0.05, 0.1) is 17.5 Å². The van der Waals surface area contributed by atoms with Crippen molar-refractivity contribution in [2.24, 2.45) is 5.41 Å². The van der Waals surface area contributed by atoms with Gasteiger partial charge in [0.1, 0.15) is 5.82 Å². The van der Waals surface area contributed by atoms with Gasteiger partial charge in [-0.05, 0) is 17.7 Å². The Bertz CT molecular complexity index is 839. The van der Waals surface area contributed by atoms with Gasteiger partial charge >= 0.3 is 0 Å². The van der Waals surface area contributed by atoms with Crippen LogP contribution in [0.5, 0.6) is 0 Å². The molecule has 1 saturated heterocycles. The fourth-order valence-corrected chi connectivity index (χ4v) is 3.38. The van der Waals surface area contributed by atoms with Crippen LogP contribution in [-0.4, -0.2) is 57.8 Å². The first kappa shape index (κ1) is 19.4. The van der Waals surface area contributed by atoms with Gasteiger partial charge in [0.2, 0.25) is 11.8 Å². The Morgan fingerprint density at radius 2 is 1.74 bits per heavy atom. The predicted octanol–water partition coefficient (Wildman–Crippen LogP) is 2.95. The molecule has 1 aromatic carbocycles. The minimum atomic E-state index is -0.374. The number of nitrogens with zero attached hydrogens (tertiary/aromatic N) is 3. The molecule has 1 aliphatic heterocycles. The number of aromatic nitrogens is 2. The summed E-state index contributed by atoms with van der Waals surface area (Å²) >= 11 is 0. The first-order chi connectivity index (χ1) is 12.6. The molecule has 146 valence electrons. The fourth-order valence-electron chi connectivity index (χ4n) is 3.38. The van der Waals surface area contributed by atoms with E-state index < -0.39 is 0 Å². The molecule has 27 heavy (non-hydrogen) atoms. The van der Waals surface area contributed by atoms with Crippen LogP contribution in [0.3, 0.4) is 0 Å². The maximum atomic E-state index is 12.7. The summed E-state index contributed by atoms with van der Waals surface area (Å²) in [5.41, 5.74) is 2.52. The van der Waals surface area contributed by atoms with Crippen molar-refractivity contribution >= 4 is 22.8 Å². The number of hydrogen-bond donors (Lipinski definition) is 1. The van der Waals surface area contributed by atoms with E-state index in [1.54, 1.807) is 0 Å². The number of nitrogens with one attached hydrogen (secondary N) is 1. The van der Waals surface area contributed by atoms with Crippen molar-refractivity contribution in [3.63, 3.8) is 0 Å². The smallest absolute Gasteiger partial charge is 0.228 e. The van der Waals surface area contributed by atoms with Crippen LogP contribution in [0.1, 0.15) is 51.9 Å². The lowest BCUT2D eigenvalue weighted by Crippen LogP contribution is -2.53. The highest BCUT2D eigenvalue weighted by Crippen LogP contribution is 2.20. The molecular weight excluding hydrogens is 340 g/mol. The van der Waals surface area contributed by atoms with Gasteiger partial charge in [0.15, 0.2) is 0 Å². The molecule has 0 atom stereocenters. The van der Waals surface area contributed by atoms with Crippen molar-refractivity contribution in [1.29, 1.82) is 0 Å². The molecule has 0 bridgehead atoms. The number of carbonyl (C=O) groups excluding carboxylic acids is 2. The molecule has 1 aliphatic rings. The highest BCUT2D eigenvalue weighted by Gasteiger charge is 2.30. The van der Waals surface area contributed by atoms with Crippen molar-refractivity contribution in [1.82, 2.24) is 19.8 Å². The average molecular weight is 370 g/mol. The lowest BCUT2D eigenvalue weighted by molar-refractivity contribution is -0.144. The minimum absolute atomic E-state index is 0.112. The van der Waals surface area contributed by atoms with Gasteiger partial charge in [-0.3, -0.25) is 9.59 Å². The summed E-state index contributed by atoms with van der Waals surface area (Å²) in [6.45, 7) is 12.4. The number of carbonyl (C=O) groups is 2. The van der Waals surface area contributed by atoms with Crippen LogP contribution in [0.4, 0.5) is 0 Å². The molecule has 2 heterocycles. The molecule has 1 fully saturated rings. The third-order valence-corrected chi connectivity index (χ3v) is 5.03. The van der Waals surface area contributed by atoms with E-state index in [0.29, 0.717) is 38.5 Å². The highest BCUT2D eigenvalue weighted by molar-refractivity contribution is 5.83. The summed E-state index contributed by atoms with van der Waals surface area (Å²) in [5.74, 6) is 1.57. The van der Waals surface area contributed by atoms with Crippen LogP contribution < -0.4 is 0 Å². The Morgan fingerprint density at radius 1 is 1.11 bits per heavy atom. The second kappa shape index (κ2) is 7.33. The van der Waals surface area contributed by atoms with E-state index >= 15 is 0 Å². The van der Waals surface area contributed by atoms with Gasteiger partial charge in [-0.2, -0.15) is 0 Å². The van der Waals surface area contributed by atoms with Crippen molar-refractivity contribution in [3.05, 3.63) is 29.6 Å². The fraction of sp³-hybridized carbons (Fsp3) is 0.571. The molecule has 2 amide bonds. The molecule has 3 rings (SSSR count). The Labute approximate surface area is 160 Å². The molecule has 0 radical (unpaired) electrons. The number of rotatable bonds is 3. The van der Waals surface area contributed by atoms with E-state index in [1.807, 2.05) is 48.8 Å². The number of piperazine rings is 1. The first-order valence-corrected chi connectivity index (χ1v) is 9.71. The zero-order valence-electron chi connectivity index (χ0n) is 17.0. The van der Waals surface area contributed by atoms with Gasteiger partial charge in [-0.15, -0.1) is 0 Å². The number of hydrogen-bond acceptors (Lipinski definition) is 3. The summed E-state index contributed by atoms with van der Waals surface area (Å²) in [5, 5.41) is 0. The van der Waals surface area contributed by atoms with Gasteiger partial charge < -0.3 is 14.8 Å². The molecule has 2 aromatic rings. The predicted molar refractivity (Wildman–Crippen MR) is 107 cm³/mol. The van der Waals surface area contributed by atoms with E-state index in [9.17, 15) is 9.59 Å². The van der Waals surface area contributed by atoms with E-state index in [-0.39, 0.29) is 17.2 Å². The summed E-state index contributed by atoms with van der Waals surface area (Å²) in [4.78, 5) is 36.7. The number of benzene rings is 1. The van der Waals surface area contributed by atoms with Crippen LogP contribution in [-0.2, 0) is 16.0 Å². The maximum Gasteiger partial charge on any atom is 0.228 e. The maximum absolute atomic E-state index is 12.7. The van der Waals surface area contributed by atoms with Crippen LogP contribution in [0, 0.1) is 5.41 Å². The van der Waals surface area contributed by atoms with Gasteiger partial charge in [0, 0.05) is 37.5 Å². The Balaban J connectivity index is 1.61. The Kier molecular flexibility index (Phi) is 5.27. The molecule has 0 spiro atoms. The zero-order valence-corrected chi connectivity index (χ0v) is 17.0. The summed E-state index contributed by atoms with van der Waals surface area (Å²) in [6, 6.07) is 5.97. The SMILES string of the molecule is CC(C)c1nc2ccc(CC(=O)N3CCN(C(=O)C(C)(C)C)CC3)cc2[nH]1. The summed E-state index contributed by atoms with van der Waals surface area (Å²) in [6.07, 6.45) is 0.374. The van der Waals surface area contributed by atoms with Gasteiger partial charge in [-0.1, -0.05) is 40.7 Å². The van der Waals surface area contributed by atoms with Crippen LogP contribution in [0.15, 0.2) is 18.2 Å². The van der Waals surface area contributed by atoms with Crippen LogP contribution in [0.2, 0.25) is 0 Å². The largest absolute Gasteiger partial charge is 0.342 e. The van der Waals surface area contributed by atoms with Crippen LogP contribution in [0.25, 0.3) is 11.0 Å². The molecule has 6 heteroatoms. The average Bonchev–Trinajstić information content (AvgIpc) is 3.04. The third kappa shape index (κ3) is 4.31. The molecular formula is C21H30N4O2. The van der Waals surface area contributed by atoms with E-state index in [0.717, 1.165) is 22.4 Å². The van der Waals surface area contributed by atoms with Crippen LogP contribution >= 0.6 is 0 Å². The summed E-state index contributed by atoms with van der Waals surface area (Å²) < 4.78 is 0. The molecule has 1 N–H and O–H groups in total. The zero-order chi connectivity index (χ0) is 19.8.